The highest BCUT2D eigenvalue weighted by atomic mass is 16.3. The quantitative estimate of drug-likeness (QED) is 0.684. The molecule has 1 aromatic heterocycles. The van der Waals surface area contributed by atoms with Crippen LogP contribution in [0.2, 0.25) is 0 Å². The van der Waals surface area contributed by atoms with Crippen LogP contribution in [-0.2, 0) is 6.54 Å². The smallest absolute Gasteiger partial charge is 0.105 e. The maximum absolute atomic E-state index is 8.80. The average Bonchev–Trinajstić information content (AvgIpc) is 2.51. The van der Waals surface area contributed by atoms with Crippen LogP contribution in [0, 0.1) is 6.92 Å². The average molecular weight is 183 g/mol. The monoisotopic (exact) mass is 183 g/mol. The van der Waals surface area contributed by atoms with Crippen LogP contribution in [0.4, 0.5) is 0 Å². The van der Waals surface area contributed by atoms with Gasteiger partial charge in [0.15, 0.2) is 0 Å². The first-order chi connectivity index (χ1) is 6.27. The van der Waals surface area contributed by atoms with E-state index in [0.29, 0.717) is 6.04 Å². The van der Waals surface area contributed by atoms with Gasteiger partial charge in [0.1, 0.15) is 5.82 Å². The number of hydrogen-bond acceptors (Lipinski definition) is 3. The molecule has 0 fully saturated rings. The molecule has 4 heteroatoms. The van der Waals surface area contributed by atoms with Gasteiger partial charge in [0, 0.05) is 31.6 Å². The fourth-order valence-corrected chi connectivity index (χ4v) is 1.32. The second kappa shape index (κ2) is 4.99. The summed E-state index contributed by atoms with van der Waals surface area (Å²) in [4.78, 5) is 4.14. The summed E-state index contributed by atoms with van der Waals surface area (Å²) < 4.78 is 2.08. The first-order valence-electron chi connectivity index (χ1n) is 4.53. The molecule has 4 nitrogen and oxygen atoms in total. The Morgan fingerprint density at radius 1 is 1.69 bits per heavy atom. The van der Waals surface area contributed by atoms with Gasteiger partial charge >= 0.3 is 0 Å². The molecule has 1 aromatic rings. The summed E-state index contributed by atoms with van der Waals surface area (Å²) in [5.41, 5.74) is 0. The van der Waals surface area contributed by atoms with Gasteiger partial charge in [-0.3, -0.25) is 0 Å². The lowest BCUT2D eigenvalue weighted by Crippen LogP contribution is -2.31. The van der Waals surface area contributed by atoms with Crippen LogP contribution in [0.1, 0.15) is 12.2 Å². The minimum atomic E-state index is 0.221. The van der Waals surface area contributed by atoms with E-state index in [1.165, 1.54) is 0 Å². The molecule has 0 saturated heterocycles. The molecule has 1 unspecified atom stereocenters. The van der Waals surface area contributed by atoms with E-state index in [1.54, 1.807) is 6.20 Å². The summed E-state index contributed by atoms with van der Waals surface area (Å²) in [5, 5.41) is 12.0. The molecule has 1 rings (SSSR count). The van der Waals surface area contributed by atoms with Crippen LogP contribution in [0.25, 0.3) is 0 Å². The molecule has 13 heavy (non-hydrogen) atoms. The molecule has 2 N–H and O–H groups in total. The molecule has 0 spiro atoms. The summed E-state index contributed by atoms with van der Waals surface area (Å²) in [6.07, 6.45) is 4.52. The van der Waals surface area contributed by atoms with Gasteiger partial charge in [-0.2, -0.15) is 0 Å². The molecule has 1 heterocycles. The normalized spacial score (nSPS) is 13.2. The molecule has 74 valence electrons. The van der Waals surface area contributed by atoms with Gasteiger partial charge in [-0.05, 0) is 20.4 Å². The molecular formula is C9H17N3O. The van der Waals surface area contributed by atoms with Gasteiger partial charge in [-0.15, -0.1) is 0 Å². The zero-order valence-corrected chi connectivity index (χ0v) is 8.20. The highest BCUT2D eigenvalue weighted by Crippen LogP contribution is 2.00. The third-order valence-electron chi connectivity index (χ3n) is 2.23. The van der Waals surface area contributed by atoms with Crippen LogP contribution >= 0.6 is 0 Å². The Morgan fingerprint density at radius 2 is 2.46 bits per heavy atom. The van der Waals surface area contributed by atoms with Crippen molar-refractivity contribution in [1.82, 2.24) is 14.9 Å². The fourth-order valence-electron chi connectivity index (χ4n) is 1.32. The molecule has 0 bridgehead atoms. The molecule has 0 radical (unpaired) electrons. The SMILES string of the molecule is CNC(CCO)Cn1ccnc1C. The van der Waals surface area contributed by atoms with Crippen molar-refractivity contribution in [3.05, 3.63) is 18.2 Å². The number of aliphatic hydroxyl groups excluding tert-OH is 1. The topological polar surface area (TPSA) is 50.1 Å². The number of hydrogen-bond donors (Lipinski definition) is 2. The van der Waals surface area contributed by atoms with Crippen LogP contribution in [0.15, 0.2) is 12.4 Å². The van der Waals surface area contributed by atoms with E-state index in [2.05, 4.69) is 14.9 Å². The summed E-state index contributed by atoms with van der Waals surface area (Å²) in [7, 11) is 1.91. The summed E-state index contributed by atoms with van der Waals surface area (Å²) in [5.74, 6) is 1.01. The number of likely N-dealkylation sites (N-methyl/N-ethyl adjacent to an activating group) is 1. The van der Waals surface area contributed by atoms with E-state index in [1.807, 2.05) is 20.2 Å². The van der Waals surface area contributed by atoms with Crippen LogP contribution in [-0.4, -0.2) is 34.4 Å². The van der Waals surface area contributed by atoms with E-state index in [9.17, 15) is 0 Å². The van der Waals surface area contributed by atoms with Crippen LogP contribution in [0.5, 0.6) is 0 Å². The van der Waals surface area contributed by atoms with Crippen LogP contribution in [0.3, 0.4) is 0 Å². The molecule has 0 aliphatic heterocycles. The predicted molar refractivity (Wildman–Crippen MR) is 51.5 cm³/mol. The largest absolute Gasteiger partial charge is 0.396 e. The van der Waals surface area contributed by atoms with Gasteiger partial charge in [-0.25, -0.2) is 4.98 Å². The maximum Gasteiger partial charge on any atom is 0.105 e. The number of nitrogens with zero attached hydrogens (tertiary/aromatic N) is 2. The van der Waals surface area contributed by atoms with Crippen molar-refractivity contribution in [3.63, 3.8) is 0 Å². The lowest BCUT2D eigenvalue weighted by Gasteiger charge is -2.16. The van der Waals surface area contributed by atoms with Crippen molar-refractivity contribution in [3.8, 4) is 0 Å². The maximum atomic E-state index is 8.80. The number of aromatic nitrogens is 2. The molecular weight excluding hydrogens is 166 g/mol. The van der Waals surface area contributed by atoms with Gasteiger partial charge in [0.25, 0.3) is 0 Å². The van der Waals surface area contributed by atoms with Crippen molar-refractivity contribution in [2.45, 2.75) is 25.9 Å². The lowest BCUT2D eigenvalue weighted by atomic mass is 10.2. The molecule has 0 aliphatic carbocycles. The van der Waals surface area contributed by atoms with Gasteiger partial charge in [0.2, 0.25) is 0 Å². The first kappa shape index (κ1) is 10.2. The lowest BCUT2D eigenvalue weighted by molar-refractivity contribution is 0.260. The van der Waals surface area contributed by atoms with E-state index in [0.717, 1.165) is 18.8 Å². The summed E-state index contributed by atoms with van der Waals surface area (Å²) in [6, 6.07) is 0.317. The Labute approximate surface area is 78.6 Å². The number of nitrogens with one attached hydrogen (secondary N) is 1. The number of rotatable bonds is 5. The summed E-state index contributed by atoms with van der Waals surface area (Å²) >= 11 is 0. The number of imidazole rings is 1. The summed E-state index contributed by atoms with van der Waals surface area (Å²) in [6.45, 7) is 3.06. The van der Waals surface area contributed by atoms with Crippen molar-refractivity contribution in [2.24, 2.45) is 0 Å². The third-order valence-corrected chi connectivity index (χ3v) is 2.23. The van der Waals surface area contributed by atoms with Gasteiger partial charge in [-0.1, -0.05) is 0 Å². The van der Waals surface area contributed by atoms with Crippen molar-refractivity contribution < 1.29 is 5.11 Å². The van der Waals surface area contributed by atoms with Crippen molar-refractivity contribution in [2.75, 3.05) is 13.7 Å². The highest BCUT2D eigenvalue weighted by Gasteiger charge is 2.06. The number of aliphatic hydroxyl groups is 1. The fraction of sp³-hybridized carbons (Fsp3) is 0.667. The standard InChI is InChI=1S/C9H17N3O/c1-8-11-4-5-12(8)7-9(10-2)3-6-13/h4-5,9-10,13H,3,6-7H2,1-2H3. The predicted octanol–water partition coefficient (Wildman–Crippen LogP) is 0.162. The third kappa shape index (κ3) is 2.82. The Kier molecular flexibility index (Phi) is 3.92. The minimum absolute atomic E-state index is 0.221. The second-order valence-electron chi connectivity index (χ2n) is 3.12. The van der Waals surface area contributed by atoms with E-state index < -0.39 is 0 Å². The van der Waals surface area contributed by atoms with E-state index in [4.69, 9.17) is 5.11 Å². The van der Waals surface area contributed by atoms with Crippen molar-refractivity contribution in [1.29, 1.82) is 0 Å². The zero-order valence-electron chi connectivity index (χ0n) is 8.20. The van der Waals surface area contributed by atoms with Crippen LogP contribution < -0.4 is 5.32 Å². The number of aryl methyl sites for hydroxylation is 1. The molecule has 0 saturated carbocycles. The first-order valence-corrected chi connectivity index (χ1v) is 4.53. The molecule has 1 atom stereocenters. The minimum Gasteiger partial charge on any atom is -0.396 e. The second-order valence-corrected chi connectivity index (χ2v) is 3.12. The van der Waals surface area contributed by atoms with Gasteiger partial charge < -0.3 is 15.0 Å². The Bertz CT molecular complexity index is 247. The van der Waals surface area contributed by atoms with E-state index in [-0.39, 0.29) is 6.61 Å². The molecule has 0 aliphatic rings. The Hall–Kier alpha value is -0.870. The molecule has 0 aromatic carbocycles. The molecule has 0 amide bonds. The highest BCUT2D eigenvalue weighted by molar-refractivity contribution is 4.89. The van der Waals surface area contributed by atoms with E-state index >= 15 is 0 Å². The van der Waals surface area contributed by atoms with Gasteiger partial charge in [0.05, 0.1) is 0 Å². The zero-order chi connectivity index (χ0) is 9.68. The Balaban J connectivity index is 2.51. The Morgan fingerprint density at radius 3 is 2.92 bits per heavy atom. The van der Waals surface area contributed by atoms with Crippen molar-refractivity contribution >= 4 is 0 Å².